The third-order valence-corrected chi connectivity index (χ3v) is 3.39. The Morgan fingerprint density at radius 2 is 1.83 bits per heavy atom. The second-order valence-corrected chi connectivity index (χ2v) is 5.16. The van der Waals surface area contributed by atoms with Crippen LogP contribution in [-0.4, -0.2) is 0 Å². The summed E-state index contributed by atoms with van der Waals surface area (Å²) >= 11 is 0. The molecule has 0 saturated carbocycles. The van der Waals surface area contributed by atoms with E-state index in [1.807, 2.05) is 18.2 Å². The average Bonchev–Trinajstić information content (AvgIpc) is 2.58. The molecule has 0 fully saturated rings. The van der Waals surface area contributed by atoms with Crippen LogP contribution in [0.25, 0.3) is 0 Å². The first-order chi connectivity index (χ1) is 11.1. The lowest BCUT2D eigenvalue weighted by molar-refractivity contribution is 0.439. The van der Waals surface area contributed by atoms with Crippen LogP contribution in [0.2, 0.25) is 0 Å². The van der Waals surface area contributed by atoms with Crippen LogP contribution in [0.1, 0.15) is 12.0 Å². The quantitative estimate of drug-likeness (QED) is 0.722. The van der Waals surface area contributed by atoms with Gasteiger partial charge in [0.2, 0.25) is 0 Å². The van der Waals surface area contributed by atoms with Crippen molar-refractivity contribution in [3.8, 4) is 23.6 Å². The molecule has 3 nitrogen and oxygen atoms in total. The summed E-state index contributed by atoms with van der Waals surface area (Å²) in [5.74, 6) is 0.0828. The van der Waals surface area contributed by atoms with Crippen LogP contribution < -0.4 is 4.74 Å². The summed E-state index contributed by atoms with van der Waals surface area (Å²) in [5.41, 5.74) is -0.550. The van der Waals surface area contributed by atoms with Crippen molar-refractivity contribution in [2.45, 2.75) is 12.8 Å². The van der Waals surface area contributed by atoms with E-state index in [-0.39, 0.29) is 18.6 Å². The third kappa shape index (κ3) is 3.96. The standard InChI is InChI=1S/C19H15FN2O/c1-2-10-19(13-21,14-22)12-15-8-9-17(20)18(11-15)23-16-6-4-3-5-7-16/h2-9,11H,1,10,12H2. The van der Waals surface area contributed by atoms with Gasteiger partial charge in [-0.05, 0) is 36.2 Å². The van der Waals surface area contributed by atoms with E-state index in [1.54, 1.807) is 30.3 Å². The van der Waals surface area contributed by atoms with Gasteiger partial charge >= 0.3 is 0 Å². The van der Waals surface area contributed by atoms with Crippen LogP contribution in [-0.2, 0) is 6.42 Å². The molecule has 114 valence electrons. The molecule has 0 radical (unpaired) electrons. The number of allylic oxidation sites excluding steroid dienone is 1. The molecule has 0 aliphatic carbocycles. The average molecular weight is 306 g/mol. The number of nitrogens with zero attached hydrogens (tertiary/aromatic N) is 2. The van der Waals surface area contributed by atoms with Crippen LogP contribution >= 0.6 is 0 Å². The molecule has 0 unspecified atom stereocenters. The minimum atomic E-state index is -1.20. The number of para-hydroxylation sites is 1. The molecular weight excluding hydrogens is 291 g/mol. The van der Waals surface area contributed by atoms with E-state index in [0.29, 0.717) is 11.3 Å². The van der Waals surface area contributed by atoms with Gasteiger partial charge in [-0.25, -0.2) is 4.39 Å². The highest BCUT2D eigenvalue weighted by molar-refractivity contribution is 5.37. The molecular formula is C19H15FN2O. The molecule has 0 aliphatic heterocycles. The maximum absolute atomic E-state index is 13.9. The summed E-state index contributed by atoms with van der Waals surface area (Å²) in [6.45, 7) is 3.58. The topological polar surface area (TPSA) is 56.8 Å². The molecule has 4 heteroatoms. The minimum absolute atomic E-state index is 0.0667. The third-order valence-electron chi connectivity index (χ3n) is 3.39. The van der Waals surface area contributed by atoms with Crippen molar-refractivity contribution in [1.29, 1.82) is 10.5 Å². The lowest BCUT2D eigenvalue weighted by Crippen LogP contribution is -2.18. The number of benzene rings is 2. The fourth-order valence-corrected chi connectivity index (χ4v) is 2.21. The fourth-order valence-electron chi connectivity index (χ4n) is 2.21. The van der Waals surface area contributed by atoms with Crippen LogP contribution in [0.3, 0.4) is 0 Å². The maximum Gasteiger partial charge on any atom is 0.165 e. The zero-order chi connectivity index (χ0) is 16.7. The Bertz CT molecular complexity index is 758. The number of nitriles is 2. The van der Waals surface area contributed by atoms with Crippen molar-refractivity contribution in [2.24, 2.45) is 5.41 Å². The Kier molecular flexibility index (Phi) is 5.12. The Balaban J connectivity index is 2.28. The van der Waals surface area contributed by atoms with Gasteiger partial charge in [-0.1, -0.05) is 30.3 Å². The molecule has 0 amide bonds. The normalized spacial score (nSPS) is 10.4. The van der Waals surface area contributed by atoms with Gasteiger partial charge in [-0.2, -0.15) is 10.5 Å². The first-order valence-corrected chi connectivity index (χ1v) is 7.07. The highest BCUT2D eigenvalue weighted by atomic mass is 19.1. The molecule has 0 spiro atoms. The van der Waals surface area contributed by atoms with E-state index in [9.17, 15) is 14.9 Å². The number of hydrogen-bond donors (Lipinski definition) is 0. The van der Waals surface area contributed by atoms with Crippen LogP contribution in [0, 0.1) is 33.9 Å². The summed E-state index contributed by atoms with van der Waals surface area (Å²) in [5, 5.41) is 18.6. The van der Waals surface area contributed by atoms with E-state index in [4.69, 9.17) is 4.74 Å². The van der Waals surface area contributed by atoms with Crippen molar-refractivity contribution in [1.82, 2.24) is 0 Å². The predicted molar refractivity (Wildman–Crippen MR) is 85.1 cm³/mol. The molecule has 23 heavy (non-hydrogen) atoms. The minimum Gasteiger partial charge on any atom is -0.454 e. The fraction of sp³-hybridized carbons (Fsp3) is 0.158. The van der Waals surface area contributed by atoms with Gasteiger partial charge < -0.3 is 4.74 Å². The van der Waals surface area contributed by atoms with Crippen LogP contribution in [0.4, 0.5) is 4.39 Å². The van der Waals surface area contributed by atoms with E-state index >= 15 is 0 Å². The first-order valence-electron chi connectivity index (χ1n) is 7.07. The van der Waals surface area contributed by atoms with Gasteiger partial charge in [0, 0.05) is 6.42 Å². The Morgan fingerprint density at radius 1 is 1.13 bits per heavy atom. The van der Waals surface area contributed by atoms with Crippen molar-refractivity contribution < 1.29 is 9.13 Å². The monoisotopic (exact) mass is 306 g/mol. The Morgan fingerprint density at radius 3 is 2.43 bits per heavy atom. The summed E-state index contributed by atoms with van der Waals surface area (Å²) in [6.07, 6.45) is 1.96. The van der Waals surface area contributed by atoms with E-state index in [0.717, 1.165) is 0 Å². The lowest BCUT2D eigenvalue weighted by atomic mass is 9.81. The van der Waals surface area contributed by atoms with Crippen molar-refractivity contribution in [3.63, 3.8) is 0 Å². The van der Waals surface area contributed by atoms with E-state index in [2.05, 4.69) is 6.58 Å². The summed E-state index contributed by atoms with van der Waals surface area (Å²) in [4.78, 5) is 0. The Labute approximate surface area is 134 Å². The first kappa shape index (κ1) is 16.3. The Hall–Kier alpha value is -3.11. The lowest BCUT2D eigenvalue weighted by Gasteiger charge is -2.17. The molecule has 0 heterocycles. The second-order valence-electron chi connectivity index (χ2n) is 5.16. The molecule has 0 N–H and O–H groups in total. The molecule has 0 bridgehead atoms. The molecule has 0 aromatic heterocycles. The zero-order valence-corrected chi connectivity index (χ0v) is 12.5. The van der Waals surface area contributed by atoms with Gasteiger partial charge in [0.25, 0.3) is 0 Å². The highest BCUT2D eigenvalue weighted by Crippen LogP contribution is 2.30. The molecule has 2 aromatic rings. The summed E-state index contributed by atoms with van der Waals surface area (Å²) in [6, 6.07) is 17.3. The van der Waals surface area contributed by atoms with Gasteiger partial charge in [0.05, 0.1) is 12.1 Å². The highest BCUT2D eigenvalue weighted by Gasteiger charge is 2.29. The van der Waals surface area contributed by atoms with Gasteiger partial charge in [-0.15, -0.1) is 6.58 Å². The van der Waals surface area contributed by atoms with E-state index in [1.165, 1.54) is 18.2 Å². The van der Waals surface area contributed by atoms with Gasteiger partial charge in [0.1, 0.15) is 5.75 Å². The molecule has 2 aromatic carbocycles. The van der Waals surface area contributed by atoms with Crippen molar-refractivity contribution >= 4 is 0 Å². The molecule has 0 atom stereocenters. The molecule has 2 rings (SSSR count). The van der Waals surface area contributed by atoms with Gasteiger partial charge in [-0.3, -0.25) is 0 Å². The number of hydrogen-bond acceptors (Lipinski definition) is 3. The molecule has 0 aliphatic rings. The predicted octanol–water partition coefficient (Wildman–Crippen LogP) is 4.77. The largest absolute Gasteiger partial charge is 0.454 e. The van der Waals surface area contributed by atoms with Crippen LogP contribution in [0.15, 0.2) is 61.2 Å². The maximum atomic E-state index is 13.9. The zero-order valence-electron chi connectivity index (χ0n) is 12.5. The number of halogens is 1. The van der Waals surface area contributed by atoms with Crippen molar-refractivity contribution in [2.75, 3.05) is 0 Å². The summed E-state index contributed by atoms with van der Waals surface area (Å²) in [7, 11) is 0. The van der Waals surface area contributed by atoms with Crippen molar-refractivity contribution in [3.05, 3.63) is 72.6 Å². The van der Waals surface area contributed by atoms with Crippen LogP contribution in [0.5, 0.6) is 11.5 Å². The molecule has 0 saturated heterocycles. The second kappa shape index (κ2) is 7.24. The summed E-state index contributed by atoms with van der Waals surface area (Å²) < 4.78 is 19.5. The van der Waals surface area contributed by atoms with Gasteiger partial charge in [0.15, 0.2) is 17.0 Å². The smallest absolute Gasteiger partial charge is 0.165 e. The number of ether oxygens (including phenoxy) is 1. The number of rotatable bonds is 6. The van der Waals surface area contributed by atoms with E-state index < -0.39 is 11.2 Å². The SMILES string of the molecule is C=CCC(C#N)(C#N)Cc1ccc(F)c(Oc2ccccc2)c1.